The van der Waals surface area contributed by atoms with Gasteiger partial charge in [-0.2, -0.15) is 13.2 Å². The fourth-order valence-corrected chi connectivity index (χ4v) is 4.39. The van der Waals surface area contributed by atoms with Crippen LogP contribution in [0.4, 0.5) is 23.8 Å². The molecule has 0 saturated carbocycles. The highest BCUT2D eigenvalue weighted by atomic mass is 35.5. The molecule has 0 unspecified atom stereocenters. The van der Waals surface area contributed by atoms with Crippen molar-refractivity contribution in [1.82, 2.24) is 9.88 Å². The number of carbonyl (C=O) groups is 1. The number of anilines is 1. The molecule has 3 saturated heterocycles. The molecule has 0 atom stereocenters. The number of thiazole rings is 1. The Labute approximate surface area is 170 Å². The van der Waals surface area contributed by atoms with Gasteiger partial charge >= 0.3 is 12.3 Å². The van der Waals surface area contributed by atoms with Crippen LogP contribution < -0.4 is 5.32 Å². The molecule has 0 spiro atoms. The third-order valence-corrected chi connectivity index (χ3v) is 6.08. The number of aromatic nitrogens is 1. The van der Waals surface area contributed by atoms with E-state index in [2.05, 4.69) is 15.2 Å². The normalized spacial score (nSPS) is 23.8. The molecule has 2 bridgehead atoms. The smallest absolute Gasteiger partial charge is 0.416 e. The molecule has 28 heavy (non-hydrogen) atoms. The lowest BCUT2D eigenvalue weighted by Gasteiger charge is -2.47. The van der Waals surface area contributed by atoms with Crippen LogP contribution in [0.3, 0.4) is 0 Å². The molecule has 5 nitrogen and oxygen atoms in total. The number of fused-ring (bicyclic) bond motifs is 3. The van der Waals surface area contributed by atoms with Crippen molar-refractivity contribution >= 4 is 35.7 Å². The number of hydrogen-bond donors (Lipinski definition) is 1. The Morgan fingerprint density at radius 3 is 2.54 bits per heavy atom. The van der Waals surface area contributed by atoms with Crippen LogP contribution in [0.1, 0.15) is 24.8 Å². The highest BCUT2D eigenvalue weighted by Crippen LogP contribution is 2.38. The maximum absolute atomic E-state index is 13.0. The number of amides is 1. The minimum absolute atomic E-state index is 0. The van der Waals surface area contributed by atoms with Crippen molar-refractivity contribution in [2.45, 2.75) is 31.0 Å². The number of nitrogens with one attached hydrogen (secondary N) is 1. The van der Waals surface area contributed by atoms with Crippen LogP contribution in [-0.4, -0.2) is 41.2 Å². The fraction of sp³-hybridized carbons (Fsp3) is 0.444. The van der Waals surface area contributed by atoms with Crippen molar-refractivity contribution in [3.8, 4) is 10.4 Å². The van der Waals surface area contributed by atoms with Gasteiger partial charge in [0.05, 0.1) is 16.0 Å². The zero-order valence-corrected chi connectivity index (χ0v) is 16.4. The minimum atomic E-state index is -4.43. The molecule has 0 aliphatic carbocycles. The second-order valence-electron chi connectivity index (χ2n) is 6.90. The Balaban J connectivity index is 0.00000225. The van der Waals surface area contributed by atoms with Gasteiger partial charge < -0.3 is 9.64 Å². The summed E-state index contributed by atoms with van der Waals surface area (Å²) in [6.07, 6.45) is -2.62. The van der Waals surface area contributed by atoms with E-state index < -0.39 is 23.4 Å². The van der Waals surface area contributed by atoms with E-state index in [4.69, 9.17) is 4.74 Å². The first-order valence-corrected chi connectivity index (χ1v) is 9.56. The van der Waals surface area contributed by atoms with Gasteiger partial charge in [0.1, 0.15) is 5.60 Å². The molecule has 152 valence electrons. The van der Waals surface area contributed by atoms with E-state index >= 15 is 0 Å². The summed E-state index contributed by atoms with van der Waals surface area (Å²) in [6, 6.07) is 4.98. The van der Waals surface area contributed by atoms with Crippen molar-refractivity contribution in [2.75, 3.05) is 25.0 Å². The average Bonchev–Trinajstić information content (AvgIpc) is 3.10. The van der Waals surface area contributed by atoms with Gasteiger partial charge in [-0.1, -0.05) is 12.1 Å². The SMILES string of the molecule is Cl.O=C(Nc1ncsc1-c1cccc(C(F)(F)F)c1)OC12CCN(CC1)CC2. The summed E-state index contributed by atoms with van der Waals surface area (Å²) < 4.78 is 44.6. The summed E-state index contributed by atoms with van der Waals surface area (Å²) >= 11 is 1.17. The third-order valence-electron chi connectivity index (χ3n) is 5.20. The summed E-state index contributed by atoms with van der Waals surface area (Å²) in [7, 11) is 0. The summed E-state index contributed by atoms with van der Waals surface area (Å²) in [5, 5.41) is 2.61. The largest absolute Gasteiger partial charge is 0.443 e. The maximum Gasteiger partial charge on any atom is 0.416 e. The van der Waals surface area contributed by atoms with Gasteiger partial charge in [-0.05, 0) is 17.7 Å². The van der Waals surface area contributed by atoms with Crippen molar-refractivity contribution in [1.29, 1.82) is 0 Å². The monoisotopic (exact) mass is 433 g/mol. The van der Waals surface area contributed by atoms with E-state index in [-0.39, 0.29) is 18.2 Å². The van der Waals surface area contributed by atoms with Gasteiger partial charge in [0.15, 0.2) is 5.82 Å². The molecule has 10 heteroatoms. The Morgan fingerprint density at radius 2 is 1.89 bits per heavy atom. The first-order valence-electron chi connectivity index (χ1n) is 8.68. The number of hydrogen-bond acceptors (Lipinski definition) is 5. The molecular formula is C18H19ClF3N3O2S. The zero-order chi connectivity index (χ0) is 19.1. The van der Waals surface area contributed by atoms with E-state index in [1.54, 1.807) is 6.07 Å². The Bertz CT molecular complexity index is 837. The highest BCUT2D eigenvalue weighted by Gasteiger charge is 2.42. The Morgan fingerprint density at radius 1 is 1.21 bits per heavy atom. The van der Waals surface area contributed by atoms with Gasteiger partial charge in [0.2, 0.25) is 0 Å². The minimum Gasteiger partial charge on any atom is -0.443 e. The summed E-state index contributed by atoms with van der Waals surface area (Å²) in [6.45, 7) is 2.75. The van der Waals surface area contributed by atoms with Crippen LogP contribution in [0.25, 0.3) is 10.4 Å². The summed E-state index contributed by atoms with van der Waals surface area (Å²) in [4.78, 5) is 19.3. The molecular weight excluding hydrogens is 415 g/mol. The first-order chi connectivity index (χ1) is 12.8. The Kier molecular flexibility index (Phi) is 5.88. The number of ether oxygens (including phenoxy) is 1. The molecule has 3 aliphatic rings. The van der Waals surface area contributed by atoms with Crippen molar-refractivity contribution < 1.29 is 22.7 Å². The molecule has 0 radical (unpaired) electrons. The second-order valence-corrected chi connectivity index (χ2v) is 7.75. The van der Waals surface area contributed by atoms with Crippen LogP contribution in [-0.2, 0) is 10.9 Å². The fourth-order valence-electron chi connectivity index (χ4n) is 3.64. The summed E-state index contributed by atoms with van der Waals surface area (Å²) in [5.74, 6) is 0.217. The van der Waals surface area contributed by atoms with Gasteiger partial charge in [-0.3, -0.25) is 5.32 Å². The van der Waals surface area contributed by atoms with Crippen molar-refractivity contribution in [3.05, 3.63) is 35.3 Å². The van der Waals surface area contributed by atoms with Crippen molar-refractivity contribution in [3.63, 3.8) is 0 Å². The molecule has 4 heterocycles. The molecule has 2 aromatic rings. The number of nitrogens with zero attached hydrogens (tertiary/aromatic N) is 2. The van der Waals surface area contributed by atoms with Crippen LogP contribution in [0.2, 0.25) is 0 Å². The van der Waals surface area contributed by atoms with Crippen LogP contribution in [0.5, 0.6) is 0 Å². The average molecular weight is 434 g/mol. The van der Waals surface area contributed by atoms with Gasteiger partial charge in [-0.15, -0.1) is 23.7 Å². The van der Waals surface area contributed by atoms with Crippen LogP contribution >= 0.6 is 23.7 Å². The predicted molar refractivity (Wildman–Crippen MR) is 103 cm³/mol. The third kappa shape index (κ3) is 4.26. The molecule has 1 aromatic carbocycles. The lowest BCUT2D eigenvalue weighted by atomic mass is 9.83. The van der Waals surface area contributed by atoms with Crippen molar-refractivity contribution in [2.24, 2.45) is 0 Å². The summed E-state index contributed by atoms with van der Waals surface area (Å²) in [5.41, 5.74) is 0.662. The predicted octanol–water partition coefficient (Wildman–Crippen LogP) is 5.04. The molecule has 1 amide bonds. The standard InChI is InChI=1S/C18H18F3N3O2S.ClH/c19-18(20,21)13-3-1-2-12(10-13)14-15(22-11-27-14)23-16(25)26-17-4-7-24(8-5-17)9-6-17;/h1-3,10-11H,4-9H2,(H,23,25);1H. The Hall–Kier alpha value is -1.84. The lowest BCUT2D eigenvalue weighted by Crippen LogP contribution is -2.54. The highest BCUT2D eigenvalue weighted by molar-refractivity contribution is 7.13. The lowest BCUT2D eigenvalue weighted by molar-refractivity contribution is -0.137. The number of piperidine rings is 3. The van der Waals surface area contributed by atoms with E-state index in [1.165, 1.54) is 22.9 Å². The van der Waals surface area contributed by atoms with Gasteiger partial charge in [-0.25, -0.2) is 9.78 Å². The van der Waals surface area contributed by atoms with E-state index in [9.17, 15) is 18.0 Å². The topological polar surface area (TPSA) is 54.5 Å². The molecule has 1 aromatic heterocycles. The second kappa shape index (κ2) is 7.88. The van der Waals surface area contributed by atoms with E-state index in [1.807, 2.05) is 0 Å². The first kappa shape index (κ1) is 20.9. The zero-order valence-electron chi connectivity index (χ0n) is 14.8. The molecule has 5 rings (SSSR count). The van der Waals surface area contributed by atoms with Gasteiger partial charge in [0.25, 0.3) is 0 Å². The molecule has 3 fully saturated rings. The van der Waals surface area contributed by atoms with Gasteiger partial charge in [0, 0.05) is 38.9 Å². The maximum atomic E-state index is 13.0. The van der Waals surface area contributed by atoms with E-state index in [0.717, 1.165) is 51.0 Å². The number of rotatable bonds is 3. The molecule has 3 aliphatic heterocycles. The number of alkyl halides is 3. The number of halogens is 4. The van der Waals surface area contributed by atoms with Crippen LogP contribution in [0.15, 0.2) is 29.8 Å². The number of carbonyl (C=O) groups excluding carboxylic acids is 1. The quantitative estimate of drug-likeness (QED) is 0.737. The van der Waals surface area contributed by atoms with Crippen LogP contribution in [0, 0.1) is 0 Å². The molecule has 1 N–H and O–H groups in total. The van der Waals surface area contributed by atoms with E-state index in [0.29, 0.717) is 10.4 Å². The number of benzene rings is 1.